The molecule has 0 aliphatic carbocycles. The van der Waals surface area contributed by atoms with E-state index in [1.165, 1.54) is 0 Å². The van der Waals surface area contributed by atoms with E-state index in [0.717, 1.165) is 29.0 Å². The molecule has 0 bridgehead atoms. The van der Waals surface area contributed by atoms with Gasteiger partial charge in [-0.2, -0.15) is 0 Å². The van der Waals surface area contributed by atoms with Crippen molar-refractivity contribution < 1.29 is 9.47 Å². The molecule has 0 fully saturated rings. The van der Waals surface area contributed by atoms with Gasteiger partial charge in [0.05, 0.1) is 19.3 Å². The molecule has 2 N–H and O–H groups in total. The SMILES string of the molecule is CCCOc1ccccc1C(N)c1ccccc1OCC. The van der Waals surface area contributed by atoms with Crippen LogP contribution in [0.15, 0.2) is 48.5 Å². The predicted molar refractivity (Wildman–Crippen MR) is 85.9 cm³/mol. The topological polar surface area (TPSA) is 44.5 Å². The molecule has 0 saturated heterocycles. The van der Waals surface area contributed by atoms with Crippen LogP contribution >= 0.6 is 0 Å². The van der Waals surface area contributed by atoms with Crippen LogP contribution in [-0.2, 0) is 0 Å². The number of para-hydroxylation sites is 2. The van der Waals surface area contributed by atoms with Gasteiger partial charge in [-0.25, -0.2) is 0 Å². The number of nitrogens with two attached hydrogens (primary N) is 1. The van der Waals surface area contributed by atoms with Crippen LogP contribution in [0, 0.1) is 0 Å². The second-order valence-corrected chi connectivity index (χ2v) is 4.83. The zero-order chi connectivity index (χ0) is 15.1. The van der Waals surface area contributed by atoms with Crippen molar-refractivity contribution in [2.75, 3.05) is 13.2 Å². The molecular weight excluding hydrogens is 262 g/mol. The van der Waals surface area contributed by atoms with E-state index < -0.39 is 0 Å². The summed E-state index contributed by atoms with van der Waals surface area (Å²) in [6.07, 6.45) is 0.971. The van der Waals surface area contributed by atoms with E-state index in [9.17, 15) is 0 Å². The van der Waals surface area contributed by atoms with Crippen LogP contribution in [0.25, 0.3) is 0 Å². The van der Waals surface area contributed by atoms with Crippen molar-refractivity contribution in [1.29, 1.82) is 0 Å². The van der Waals surface area contributed by atoms with E-state index in [-0.39, 0.29) is 6.04 Å². The predicted octanol–water partition coefficient (Wildman–Crippen LogP) is 3.92. The second kappa shape index (κ2) is 7.70. The van der Waals surface area contributed by atoms with Crippen molar-refractivity contribution in [2.24, 2.45) is 5.73 Å². The maximum atomic E-state index is 6.46. The summed E-state index contributed by atoms with van der Waals surface area (Å²) >= 11 is 0. The first-order valence-electron chi connectivity index (χ1n) is 7.47. The Bertz CT molecular complexity index is 569. The van der Waals surface area contributed by atoms with Gasteiger partial charge in [0.1, 0.15) is 11.5 Å². The van der Waals surface area contributed by atoms with Crippen molar-refractivity contribution in [1.82, 2.24) is 0 Å². The number of benzene rings is 2. The third kappa shape index (κ3) is 3.76. The minimum absolute atomic E-state index is 0.263. The average Bonchev–Trinajstić information content (AvgIpc) is 2.53. The van der Waals surface area contributed by atoms with Crippen molar-refractivity contribution in [3.8, 4) is 11.5 Å². The standard InChI is InChI=1S/C18H23NO2/c1-3-13-21-17-12-8-6-10-15(17)18(19)14-9-5-7-11-16(14)20-4-2/h5-12,18H,3-4,13,19H2,1-2H3. The fourth-order valence-electron chi connectivity index (χ4n) is 2.27. The molecule has 0 spiro atoms. The molecule has 0 aromatic heterocycles. The van der Waals surface area contributed by atoms with Crippen molar-refractivity contribution in [3.63, 3.8) is 0 Å². The highest BCUT2D eigenvalue weighted by Gasteiger charge is 2.17. The summed E-state index contributed by atoms with van der Waals surface area (Å²) in [7, 11) is 0. The molecule has 0 aliphatic heterocycles. The van der Waals surface area contributed by atoms with Crippen LogP contribution in [0.5, 0.6) is 11.5 Å². The third-order valence-electron chi connectivity index (χ3n) is 3.27. The van der Waals surface area contributed by atoms with E-state index in [1.807, 2.05) is 55.5 Å². The molecule has 2 aromatic carbocycles. The molecule has 0 saturated carbocycles. The number of rotatable bonds is 7. The molecule has 0 radical (unpaired) electrons. The van der Waals surface area contributed by atoms with E-state index >= 15 is 0 Å². The zero-order valence-electron chi connectivity index (χ0n) is 12.7. The molecule has 2 aromatic rings. The Balaban J connectivity index is 2.33. The summed E-state index contributed by atoms with van der Waals surface area (Å²) in [6, 6.07) is 15.6. The van der Waals surface area contributed by atoms with Gasteiger partial charge in [0, 0.05) is 11.1 Å². The molecule has 21 heavy (non-hydrogen) atoms. The Hall–Kier alpha value is -2.00. The van der Waals surface area contributed by atoms with Gasteiger partial charge in [0.15, 0.2) is 0 Å². The van der Waals surface area contributed by atoms with Crippen molar-refractivity contribution in [3.05, 3.63) is 59.7 Å². The summed E-state index contributed by atoms with van der Waals surface area (Å²) < 4.78 is 11.5. The molecule has 3 heteroatoms. The van der Waals surface area contributed by atoms with Gasteiger partial charge in [0.25, 0.3) is 0 Å². The lowest BCUT2D eigenvalue weighted by atomic mass is 9.98. The van der Waals surface area contributed by atoms with Crippen LogP contribution in [0.3, 0.4) is 0 Å². The molecule has 1 unspecified atom stereocenters. The zero-order valence-corrected chi connectivity index (χ0v) is 12.7. The summed E-state index contributed by atoms with van der Waals surface area (Å²) in [5.74, 6) is 1.68. The van der Waals surface area contributed by atoms with Crippen LogP contribution in [-0.4, -0.2) is 13.2 Å². The van der Waals surface area contributed by atoms with Gasteiger partial charge in [-0.15, -0.1) is 0 Å². The number of hydrogen-bond donors (Lipinski definition) is 1. The molecule has 112 valence electrons. The van der Waals surface area contributed by atoms with E-state index in [2.05, 4.69) is 6.92 Å². The lowest BCUT2D eigenvalue weighted by Gasteiger charge is -2.19. The van der Waals surface area contributed by atoms with E-state index in [0.29, 0.717) is 13.2 Å². The Morgan fingerprint density at radius 1 is 0.857 bits per heavy atom. The normalized spacial score (nSPS) is 12.0. The van der Waals surface area contributed by atoms with Gasteiger partial charge in [-0.1, -0.05) is 43.3 Å². The summed E-state index contributed by atoms with van der Waals surface area (Å²) in [5, 5.41) is 0. The van der Waals surface area contributed by atoms with Gasteiger partial charge in [-0.05, 0) is 25.5 Å². The first-order valence-corrected chi connectivity index (χ1v) is 7.47. The van der Waals surface area contributed by atoms with Gasteiger partial charge in [-0.3, -0.25) is 0 Å². The molecule has 0 heterocycles. The fourth-order valence-corrected chi connectivity index (χ4v) is 2.27. The Morgan fingerprint density at radius 2 is 1.38 bits per heavy atom. The molecular formula is C18H23NO2. The number of ether oxygens (including phenoxy) is 2. The van der Waals surface area contributed by atoms with E-state index in [4.69, 9.17) is 15.2 Å². The van der Waals surface area contributed by atoms with Crippen LogP contribution in [0.4, 0.5) is 0 Å². The van der Waals surface area contributed by atoms with Crippen molar-refractivity contribution >= 4 is 0 Å². The number of hydrogen-bond acceptors (Lipinski definition) is 3. The summed E-state index contributed by atoms with van der Waals surface area (Å²) in [6.45, 7) is 5.38. The highest BCUT2D eigenvalue weighted by atomic mass is 16.5. The first-order chi connectivity index (χ1) is 10.3. The Morgan fingerprint density at radius 3 is 1.90 bits per heavy atom. The third-order valence-corrected chi connectivity index (χ3v) is 3.27. The monoisotopic (exact) mass is 285 g/mol. The Labute approximate surface area is 126 Å². The molecule has 3 nitrogen and oxygen atoms in total. The lowest BCUT2D eigenvalue weighted by molar-refractivity contribution is 0.312. The maximum Gasteiger partial charge on any atom is 0.124 e. The largest absolute Gasteiger partial charge is 0.494 e. The summed E-state index contributed by atoms with van der Waals surface area (Å²) in [5.41, 5.74) is 8.42. The van der Waals surface area contributed by atoms with Crippen LogP contribution < -0.4 is 15.2 Å². The molecule has 1 atom stereocenters. The minimum atomic E-state index is -0.263. The average molecular weight is 285 g/mol. The minimum Gasteiger partial charge on any atom is -0.494 e. The molecule has 0 amide bonds. The van der Waals surface area contributed by atoms with Crippen molar-refractivity contribution in [2.45, 2.75) is 26.3 Å². The Kier molecular flexibility index (Phi) is 5.64. The molecule has 0 aliphatic rings. The van der Waals surface area contributed by atoms with Gasteiger partial charge in [0.2, 0.25) is 0 Å². The second-order valence-electron chi connectivity index (χ2n) is 4.83. The van der Waals surface area contributed by atoms with Crippen LogP contribution in [0.1, 0.15) is 37.4 Å². The highest BCUT2D eigenvalue weighted by Crippen LogP contribution is 2.33. The summed E-state index contributed by atoms with van der Waals surface area (Å²) in [4.78, 5) is 0. The lowest BCUT2D eigenvalue weighted by Crippen LogP contribution is -2.15. The smallest absolute Gasteiger partial charge is 0.124 e. The fraction of sp³-hybridized carbons (Fsp3) is 0.333. The van der Waals surface area contributed by atoms with Crippen LogP contribution in [0.2, 0.25) is 0 Å². The maximum absolute atomic E-state index is 6.46. The first kappa shape index (κ1) is 15.4. The highest BCUT2D eigenvalue weighted by molar-refractivity contribution is 5.46. The van der Waals surface area contributed by atoms with Gasteiger partial charge >= 0.3 is 0 Å². The quantitative estimate of drug-likeness (QED) is 0.838. The molecule has 2 rings (SSSR count). The van der Waals surface area contributed by atoms with Gasteiger partial charge < -0.3 is 15.2 Å². The van der Waals surface area contributed by atoms with E-state index in [1.54, 1.807) is 0 Å².